The first kappa shape index (κ1) is 19.1. The molecule has 1 atom stereocenters. The van der Waals surface area contributed by atoms with Crippen LogP contribution in [0.15, 0.2) is 54.6 Å². The molecule has 1 N–H and O–H groups in total. The molecular formula is C20H22N2O4S. The van der Waals surface area contributed by atoms with Crippen molar-refractivity contribution in [2.45, 2.75) is 25.7 Å². The van der Waals surface area contributed by atoms with Crippen LogP contribution in [0.4, 0.5) is 5.69 Å². The highest BCUT2D eigenvalue weighted by atomic mass is 32.2. The van der Waals surface area contributed by atoms with E-state index in [0.717, 1.165) is 10.7 Å². The summed E-state index contributed by atoms with van der Waals surface area (Å²) in [6, 6.07) is 16.2. The van der Waals surface area contributed by atoms with Crippen molar-refractivity contribution in [3.05, 3.63) is 65.7 Å². The standard InChI is InChI=1S/C20H22N2O4S/c1-15(16-6-3-2-4-7-16)10-12-21-20(24)17-8-5-9-18(14-17)22-19(23)11-13-27(22,25)26/h2-9,14-15H,10-13H2,1H3,(H,21,24). The maximum Gasteiger partial charge on any atom is 0.251 e. The van der Waals surface area contributed by atoms with E-state index in [1.54, 1.807) is 12.1 Å². The summed E-state index contributed by atoms with van der Waals surface area (Å²) in [6.45, 7) is 2.60. The number of nitrogens with zero attached hydrogens (tertiary/aromatic N) is 1. The fourth-order valence-corrected chi connectivity index (χ4v) is 4.55. The number of hydrogen-bond acceptors (Lipinski definition) is 4. The Hall–Kier alpha value is -2.67. The maximum absolute atomic E-state index is 12.4. The summed E-state index contributed by atoms with van der Waals surface area (Å²) in [7, 11) is -3.64. The second-order valence-corrected chi connectivity index (χ2v) is 8.57. The van der Waals surface area contributed by atoms with Crippen molar-refractivity contribution in [1.29, 1.82) is 0 Å². The minimum absolute atomic E-state index is 0.0316. The number of carbonyl (C=O) groups excluding carboxylic acids is 2. The van der Waals surface area contributed by atoms with Crippen molar-refractivity contribution in [2.24, 2.45) is 0 Å². The molecule has 2 aromatic rings. The molecule has 2 amide bonds. The molecule has 7 heteroatoms. The number of carbonyl (C=O) groups is 2. The Morgan fingerprint density at radius 3 is 2.56 bits per heavy atom. The normalized spacial score (nSPS) is 16.9. The van der Waals surface area contributed by atoms with E-state index in [4.69, 9.17) is 0 Å². The SMILES string of the molecule is CC(CCNC(=O)c1cccc(N2C(=O)CCS2(=O)=O)c1)c1ccccc1. The van der Waals surface area contributed by atoms with Gasteiger partial charge < -0.3 is 5.32 Å². The van der Waals surface area contributed by atoms with Crippen LogP contribution in [0.3, 0.4) is 0 Å². The monoisotopic (exact) mass is 386 g/mol. The van der Waals surface area contributed by atoms with E-state index >= 15 is 0 Å². The number of nitrogens with one attached hydrogen (secondary N) is 1. The molecule has 6 nitrogen and oxygen atoms in total. The lowest BCUT2D eigenvalue weighted by Crippen LogP contribution is -2.30. The Morgan fingerprint density at radius 1 is 1.15 bits per heavy atom. The molecule has 1 heterocycles. The van der Waals surface area contributed by atoms with E-state index in [0.29, 0.717) is 18.0 Å². The van der Waals surface area contributed by atoms with Crippen molar-refractivity contribution in [1.82, 2.24) is 5.32 Å². The zero-order chi connectivity index (χ0) is 19.4. The summed E-state index contributed by atoms with van der Waals surface area (Å²) in [5.74, 6) is -0.643. The lowest BCUT2D eigenvalue weighted by Gasteiger charge is -2.16. The first-order valence-electron chi connectivity index (χ1n) is 8.87. The molecule has 0 saturated carbocycles. The third kappa shape index (κ3) is 4.36. The molecule has 1 saturated heterocycles. The third-order valence-corrected chi connectivity index (χ3v) is 6.34. The van der Waals surface area contributed by atoms with Gasteiger partial charge in [0.15, 0.2) is 0 Å². The summed E-state index contributed by atoms with van der Waals surface area (Å²) in [5.41, 5.74) is 1.75. The summed E-state index contributed by atoms with van der Waals surface area (Å²) in [4.78, 5) is 24.3. The molecule has 0 radical (unpaired) electrons. The third-order valence-electron chi connectivity index (χ3n) is 4.65. The number of anilines is 1. The van der Waals surface area contributed by atoms with E-state index in [-0.39, 0.29) is 23.8 Å². The van der Waals surface area contributed by atoms with E-state index in [1.165, 1.54) is 17.7 Å². The molecule has 2 aromatic carbocycles. The molecule has 27 heavy (non-hydrogen) atoms. The average molecular weight is 386 g/mol. The fraction of sp³-hybridized carbons (Fsp3) is 0.300. The van der Waals surface area contributed by atoms with Crippen LogP contribution in [-0.2, 0) is 14.8 Å². The zero-order valence-corrected chi connectivity index (χ0v) is 15.9. The second kappa shape index (κ2) is 7.92. The van der Waals surface area contributed by atoms with Crippen LogP contribution in [0.2, 0.25) is 0 Å². The number of sulfonamides is 1. The van der Waals surface area contributed by atoms with Crippen molar-refractivity contribution in [3.63, 3.8) is 0 Å². The molecule has 1 aliphatic rings. The molecule has 3 rings (SSSR count). The number of rotatable bonds is 6. The van der Waals surface area contributed by atoms with Gasteiger partial charge >= 0.3 is 0 Å². The van der Waals surface area contributed by atoms with Gasteiger partial charge in [0.2, 0.25) is 15.9 Å². The van der Waals surface area contributed by atoms with Crippen LogP contribution in [0, 0.1) is 0 Å². The Kier molecular flexibility index (Phi) is 5.60. The predicted molar refractivity (Wildman–Crippen MR) is 104 cm³/mol. The van der Waals surface area contributed by atoms with Crippen molar-refractivity contribution in [3.8, 4) is 0 Å². The molecule has 0 spiro atoms. The minimum Gasteiger partial charge on any atom is -0.352 e. The van der Waals surface area contributed by atoms with Gasteiger partial charge in [-0.05, 0) is 36.1 Å². The largest absolute Gasteiger partial charge is 0.352 e. The van der Waals surface area contributed by atoms with Crippen molar-refractivity contribution in [2.75, 3.05) is 16.6 Å². The summed E-state index contributed by atoms with van der Waals surface area (Å²) in [5, 5.41) is 2.86. The highest BCUT2D eigenvalue weighted by molar-refractivity contribution is 7.94. The van der Waals surface area contributed by atoms with E-state index < -0.39 is 15.9 Å². The summed E-state index contributed by atoms with van der Waals surface area (Å²) >= 11 is 0. The molecule has 142 valence electrons. The van der Waals surface area contributed by atoms with Gasteiger partial charge in [-0.1, -0.05) is 43.3 Å². The number of amides is 2. The molecule has 0 aliphatic carbocycles. The zero-order valence-electron chi connectivity index (χ0n) is 15.1. The Bertz CT molecular complexity index is 941. The molecule has 0 aromatic heterocycles. The first-order chi connectivity index (χ1) is 12.9. The van der Waals surface area contributed by atoms with Gasteiger partial charge in [0.1, 0.15) is 0 Å². The highest BCUT2D eigenvalue weighted by Gasteiger charge is 2.36. The molecule has 0 bridgehead atoms. The Labute approximate surface area is 159 Å². The van der Waals surface area contributed by atoms with E-state index in [1.807, 2.05) is 18.2 Å². The predicted octanol–water partition coefficient (Wildman–Crippen LogP) is 2.68. The molecular weight excluding hydrogens is 364 g/mol. The summed E-state index contributed by atoms with van der Waals surface area (Å²) < 4.78 is 24.9. The van der Waals surface area contributed by atoms with Crippen LogP contribution in [0.1, 0.15) is 41.6 Å². The average Bonchev–Trinajstić information content (AvgIpc) is 2.95. The topological polar surface area (TPSA) is 83.6 Å². The second-order valence-electron chi connectivity index (χ2n) is 6.63. The van der Waals surface area contributed by atoms with Gasteiger partial charge in [-0.25, -0.2) is 12.7 Å². The quantitative estimate of drug-likeness (QED) is 0.827. The number of benzene rings is 2. The van der Waals surface area contributed by atoms with Gasteiger partial charge in [0.05, 0.1) is 11.4 Å². The lowest BCUT2D eigenvalue weighted by atomic mass is 9.98. The van der Waals surface area contributed by atoms with Crippen molar-refractivity contribution >= 4 is 27.5 Å². The smallest absolute Gasteiger partial charge is 0.251 e. The van der Waals surface area contributed by atoms with Gasteiger partial charge in [-0.2, -0.15) is 0 Å². The highest BCUT2D eigenvalue weighted by Crippen LogP contribution is 2.26. The lowest BCUT2D eigenvalue weighted by molar-refractivity contribution is -0.116. The number of hydrogen-bond donors (Lipinski definition) is 1. The van der Waals surface area contributed by atoms with Gasteiger partial charge in [0.25, 0.3) is 5.91 Å². The minimum atomic E-state index is -3.64. The van der Waals surface area contributed by atoms with E-state index in [9.17, 15) is 18.0 Å². The Morgan fingerprint density at radius 2 is 1.89 bits per heavy atom. The van der Waals surface area contributed by atoms with Crippen molar-refractivity contribution < 1.29 is 18.0 Å². The van der Waals surface area contributed by atoms with Gasteiger partial charge in [0, 0.05) is 18.5 Å². The molecule has 1 fully saturated rings. The molecule has 1 aliphatic heterocycles. The Balaban J connectivity index is 1.63. The van der Waals surface area contributed by atoms with Crippen LogP contribution < -0.4 is 9.62 Å². The van der Waals surface area contributed by atoms with Crippen LogP contribution in [-0.4, -0.2) is 32.5 Å². The maximum atomic E-state index is 12.4. The van der Waals surface area contributed by atoms with Gasteiger partial charge in [-0.15, -0.1) is 0 Å². The van der Waals surface area contributed by atoms with Crippen LogP contribution >= 0.6 is 0 Å². The van der Waals surface area contributed by atoms with Crippen LogP contribution in [0.5, 0.6) is 0 Å². The summed E-state index contributed by atoms with van der Waals surface area (Å²) in [6.07, 6.45) is 0.755. The fourth-order valence-electron chi connectivity index (χ4n) is 3.09. The van der Waals surface area contributed by atoms with Crippen LogP contribution in [0.25, 0.3) is 0 Å². The van der Waals surface area contributed by atoms with E-state index in [2.05, 4.69) is 24.4 Å². The molecule has 1 unspecified atom stereocenters. The first-order valence-corrected chi connectivity index (χ1v) is 10.5. The van der Waals surface area contributed by atoms with Gasteiger partial charge in [-0.3, -0.25) is 9.59 Å².